The van der Waals surface area contributed by atoms with Crippen LogP contribution in [0.2, 0.25) is 0 Å². The number of aliphatic imine (C=N–C) groups is 1. The first-order chi connectivity index (χ1) is 12.6. The Morgan fingerprint density at radius 3 is 2.12 bits per heavy atom. The number of methoxy groups -OCH3 is 3. The van der Waals surface area contributed by atoms with E-state index in [9.17, 15) is 0 Å². The van der Waals surface area contributed by atoms with Crippen molar-refractivity contribution >= 4 is 21.9 Å². The minimum atomic E-state index is 0.587. The van der Waals surface area contributed by atoms with Gasteiger partial charge in [0, 0.05) is 24.6 Å². The molecule has 2 N–H and O–H groups in total. The van der Waals surface area contributed by atoms with Crippen LogP contribution < -0.4 is 24.8 Å². The molecule has 7 heteroatoms. The second kappa shape index (κ2) is 9.91. The maximum absolute atomic E-state index is 5.36. The third-order valence-electron chi connectivity index (χ3n) is 3.84. The van der Waals surface area contributed by atoms with E-state index >= 15 is 0 Å². The maximum Gasteiger partial charge on any atom is 0.191 e. The summed E-state index contributed by atoms with van der Waals surface area (Å²) in [7, 11) is 6.64. The summed E-state index contributed by atoms with van der Waals surface area (Å²) < 4.78 is 16.8. The summed E-state index contributed by atoms with van der Waals surface area (Å²) in [4.78, 5) is 4.26. The zero-order valence-corrected chi connectivity index (χ0v) is 17.0. The van der Waals surface area contributed by atoms with E-state index in [0.29, 0.717) is 30.5 Å². The Hall–Kier alpha value is -2.41. The van der Waals surface area contributed by atoms with Crippen LogP contribution >= 0.6 is 15.9 Å². The van der Waals surface area contributed by atoms with E-state index in [4.69, 9.17) is 14.2 Å². The van der Waals surface area contributed by atoms with Crippen molar-refractivity contribution in [2.75, 3.05) is 28.4 Å². The van der Waals surface area contributed by atoms with Gasteiger partial charge < -0.3 is 24.8 Å². The Labute approximate surface area is 162 Å². The molecule has 0 bridgehead atoms. The Morgan fingerprint density at radius 2 is 1.54 bits per heavy atom. The maximum atomic E-state index is 5.36. The van der Waals surface area contributed by atoms with E-state index in [-0.39, 0.29) is 0 Å². The SMILES string of the molecule is CN=C(NCc1ccc(OC)cc1)NCc1cc(OC)c(OC)cc1Br. The second-order valence-corrected chi connectivity index (χ2v) is 6.28. The van der Waals surface area contributed by atoms with Crippen LogP contribution in [0.15, 0.2) is 45.9 Å². The fourth-order valence-electron chi connectivity index (χ4n) is 2.36. The molecule has 0 atom stereocenters. The van der Waals surface area contributed by atoms with Crippen molar-refractivity contribution in [3.8, 4) is 17.2 Å². The third-order valence-corrected chi connectivity index (χ3v) is 4.58. The molecule has 0 spiro atoms. The second-order valence-electron chi connectivity index (χ2n) is 5.43. The highest BCUT2D eigenvalue weighted by atomic mass is 79.9. The zero-order chi connectivity index (χ0) is 18.9. The third kappa shape index (κ3) is 5.29. The molecule has 0 saturated heterocycles. The number of rotatable bonds is 7. The van der Waals surface area contributed by atoms with E-state index in [2.05, 4.69) is 31.6 Å². The van der Waals surface area contributed by atoms with E-state index < -0.39 is 0 Å². The number of halogens is 1. The topological polar surface area (TPSA) is 64.1 Å². The van der Waals surface area contributed by atoms with Crippen LogP contribution in [-0.4, -0.2) is 34.3 Å². The normalized spacial score (nSPS) is 11.0. The minimum Gasteiger partial charge on any atom is -0.497 e. The van der Waals surface area contributed by atoms with E-state index in [0.717, 1.165) is 21.3 Å². The number of ether oxygens (including phenoxy) is 3. The lowest BCUT2D eigenvalue weighted by atomic mass is 10.2. The molecule has 0 aliphatic heterocycles. The van der Waals surface area contributed by atoms with Crippen LogP contribution in [-0.2, 0) is 13.1 Å². The Kier molecular flexibility index (Phi) is 7.59. The molecular formula is C19H24BrN3O3. The lowest BCUT2D eigenvalue weighted by Crippen LogP contribution is -2.36. The van der Waals surface area contributed by atoms with Gasteiger partial charge in [0.15, 0.2) is 17.5 Å². The summed E-state index contributed by atoms with van der Waals surface area (Å²) in [6, 6.07) is 11.7. The van der Waals surface area contributed by atoms with Crippen LogP contribution in [0.25, 0.3) is 0 Å². The van der Waals surface area contributed by atoms with Gasteiger partial charge in [-0.2, -0.15) is 0 Å². The summed E-state index contributed by atoms with van der Waals surface area (Å²) in [5.41, 5.74) is 2.18. The van der Waals surface area contributed by atoms with Gasteiger partial charge in [-0.1, -0.05) is 28.1 Å². The monoisotopic (exact) mass is 421 g/mol. The van der Waals surface area contributed by atoms with Gasteiger partial charge in [-0.15, -0.1) is 0 Å². The first kappa shape index (κ1) is 19.9. The number of nitrogens with one attached hydrogen (secondary N) is 2. The average Bonchev–Trinajstić information content (AvgIpc) is 2.69. The lowest BCUT2D eigenvalue weighted by Gasteiger charge is -2.15. The van der Waals surface area contributed by atoms with E-state index in [1.807, 2.05) is 36.4 Å². The molecule has 0 saturated carbocycles. The molecule has 0 aliphatic rings. The van der Waals surface area contributed by atoms with Crippen molar-refractivity contribution in [2.24, 2.45) is 4.99 Å². The first-order valence-corrected chi connectivity index (χ1v) is 8.88. The van der Waals surface area contributed by atoms with Crippen molar-refractivity contribution in [3.63, 3.8) is 0 Å². The molecule has 0 unspecified atom stereocenters. The molecule has 26 heavy (non-hydrogen) atoms. The van der Waals surface area contributed by atoms with Crippen molar-refractivity contribution in [3.05, 3.63) is 52.0 Å². The zero-order valence-electron chi connectivity index (χ0n) is 15.4. The van der Waals surface area contributed by atoms with Gasteiger partial charge in [-0.3, -0.25) is 4.99 Å². The van der Waals surface area contributed by atoms with Gasteiger partial charge in [-0.05, 0) is 35.4 Å². The van der Waals surface area contributed by atoms with Gasteiger partial charge in [0.05, 0.1) is 21.3 Å². The van der Waals surface area contributed by atoms with Crippen LogP contribution in [0, 0.1) is 0 Å². The summed E-state index contributed by atoms with van der Waals surface area (Å²) in [6.45, 7) is 1.25. The molecule has 140 valence electrons. The predicted molar refractivity (Wildman–Crippen MR) is 107 cm³/mol. The molecule has 6 nitrogen and oxygen atoms in total. The van der Waals surface area contributed by atoms with Crippen molar-refractivity contribution in [1.82, 2.24) is 10.6 Å². The summed E-state index contributed by atoms with van der Waals surface area (Å²) in [5, 5.41) is 6.59. The van der Waals surface area contributed by atoms with E-state index in [1.54, 1.807) is 28.4 Å². The number of guanidine groups is 1. The summed E-state index contributed by atoms with van der Waals surface area (Å²) >= 11 is 3.56. The quantitative estimate of drug-likeness (QED) is 0.530. The summed E-state index contributed by atoms with van der Waals surface area (Å²) in [5.74, 6) is 2.93. The van der Waals surface area contributed by atoms with Crippen LogP contribution in [0.5, 0.6) is 17.2 Å². The largest absolute Gasteiger partial charge is 0.497 e. The molecule has 0 fully saturated rings. The Balaban J connectivity index is 1.96. The standard InChI is InChI=1S/C19H24BrN3O3/c1-21-19(22-11-13-5-7-15(24-2)8-6-13)23-12-14-9-17(25-3)18(26-4)10-16(14)20/h5-10H,11-12H2,1-4H3,(H2,21,22,23). The molecule has 0 radical (unpaired) electrons. The smallest absolute Gasteiger partial charge is 0.191 e. The number of hydrogen-bond acceptors (Lipinski definition) is 4. The highest BCUT2D eigenvalue weighted by molar-refractivity contribution is 9.10. The highest BCUT2D eigenvalue weighted by Gasteiger charge is 2.10. The molecule has 0 aliphatic carbocycles. The molecule has 2 rings (SSSR count). The van der Waals surface area contributed by atoms with Crippen molar-refractivity contribution in [2.45, 2.75) is 13.1 Å². The van der Waals surface area contributed by atoms with Crippen molar-refractivity contribution in [1.29, 1.82) is 0 Å². The van der Waals surface area contributed by atoms with Gasteiger partial charge in [-0.25, -0.2) is 0 Å². The number of benzene rings is 2. The van der Waals surface area contributed by atoms with Crippen LogP contribution in [0.3, 0.4) is 0 Å². The van der Waals surface area contributed by atoms with Gasteiger partial charge >= 0.3 is 0 Å². The molecule has 0 heterocycles. The average molecular weight is 422 g/mol. The first-order valence-electron chi connectivity index (χ1n) is 8.09. The summed E-state index contributed by atoms with van der Waals surface area (Å²) in [6.07, 6.45) is 0. The van der Waals surface area contributed by atoms with Gasteiger partial charge in [0.2, 0.25) is 0 Å². The predicted octanol–water partition coefficient (Wildman–Crippen LogP) is 3.34. The van der Waals surface area contributed by atoms with Gasteiger partial charge in [0.25, 0.3) is 0 Å². The van der Waals surface area contributed by atoms with E-state index in [1.165, 1.54) is 0 Å². The molecule has 2 aromatic carbocycles. The van der Waals surface area contributed by atoms with Gasteiger partial charge in [0.1, 0.15) is 5.75 Å². The van der Waals surface area contributed by atoms with Crippen LogP contribution in [0.4, 0.5) is 0 Å². The Morgan fingerprint density at radius 1 is 0.923 bits per heavy atom. The number of hydrogen-bond donors (Lipinski definition) is 2. The Bertz CT molecular complexity index is 748. The number of nitrogens with zero attached hydrogens (tertiary/aromatic N) is 1. The molecular weight excluding hydrogens is 398 g/mol. The van der Waals surface area contributed by atoms with Crippen LogP contribution in [0.1, 0.15) is 11.1 Å². The lowest BCUT2D eigenvalue weighted by molar-refractivity contribution is 0.354. The van der Waals surface area contributed by atoms with Crippen molar-refractivity contribution < 1.29 is 14.2 Å². The minimum absolute atomic E-state index is 0.587. The molecule has 0 aromatic heterocycles. The molecule has 2 aromatic rings. The molecule has 0 amide bonds. The fourth-order valence-corrected chi connectivity index (χ4v) is 2.82. The fraction of sp³-hybridized carbons (Fsp3) is 0.316. The highest BCUT2D eigenvalue weighted by Crippen LogP contribution is 2.33.